The molecule has 1 rings (SSSR count). The first-order valence-electron chi connectivity index (χ1n) is 5.26. The Kier molecular flexibility index (Phi) is 6.51. The van der Waals surface area contributed by atoms with Crippen molar-refractivity contribution in [2.45, 2.75) is 25.7 Å². The Labute approximate surface area is 121 Å². The van der Waals surface area contributed by atoms with Gasteiger partial charge in [-0.1, -0.05) is 41.7 Å². The molecule has 0 saturated carbocycles. The van der Waals surface area contributed by atoms with Crippen LogP contribution in [0.1, 0.15) is 31.2 Å². The van der Waals surface area contributed by atoms with E-state index in [1.165, 1.54) is 11.8 Å². The molecule has 0 aliphatic carbocycles. The summed E-state index contributed by atoms with van der Waals surface area (Å²) in [5.41, 5.74) is 0.905. The molecule has 1 aromatic rings. The second kappa shape index (κ2) is 7.38. The average molecular weight is 309 g/mol. The SMILES string of the molecule is CCC(CCSC#N)c1c(Cl)ccc(Cl)c1Cl. The van der Waals surface area contributed by atoms with Gasteiger partial charge in [-0.15, -0.1) is 0 Å². The van der Waals surface area contributed by atoms with Gasteiger partial charge in [0, 0.05) is 10.8 Å². The van der Waals surface area contributed by atoms with Crippen molar-refractivity contribution in [3.05, 3.63) is 32.8 Å². The highest BCUT2D eigenvalue weighted by Crippen LogP contribution is 2.39. The van der Waals surface area contributed by atoms with Crippen molar-refractivity contribution >= 4 is 46.6 Å². The Bertz CT molecular complexity index is 428. The van der Waals surface area contributed by atoms with E-state index in [1.807, 2.05) is 0 Å². The zero-order valence-corrected chi connectivity index (χ0v) is 12.4. The molecule has 5 heteroatoms. The van der Waals surface area contributed by atoms with Crippen molar-refractivity contribution in [1.82, 2.24) is 0 Å². The molecule has 0 aliphatic heterocycles. The van der Waals surface area contributed by atoms with Gasteiger partial charge in [0.25, 0.3) is 0 Å². The van der Waals surface area contributed by atoms with Crippen LogP contribution in [0.5, 0.6) is 0 Å². The maximum absolute atomic E-state index is 8.52. The zero-order valence-electron chi connectivity index (χ0n) is 9.34. The summed E-state index contributed by atoms with van der Waals surface area (Å²) in [6, 6.07) is 3.47. The number of benzene rings is 1. The summed E-state index contributed by atoms with van der Waals surface area (Å²) in [4.78, 5) is 0. The van der Waals surface area contributed by atoms with Gasteiger partial charge in [0.1, 0.15) is 5.40 Å². The maximum atomic E-state index is 8.52. The average Bonchev–Trinajstić information content (AvgIpc) is 2.32. The molecule has 0 aliphatic rings. The molecule has 92 valence electrons. The van der Waals surface area contributed by atoms with E-state index in [1.54, 1.807) is 12.1 Å². The van der Waals surface area contributed by atoms with Crippen molar-refractivity contribution in [3.63, 3.8) is 0 Å². The van der Waals surface area contributed by atoms with Crippen molar-refractivity contribution in [3.8, 4) is 5.40 Å². The quantitative estimate of drug-likeness (QED) is 0.393. The Morgan fingerprint density at radius 2 is 1.94 bits per heavy atom. The molecule has 17 heavy (non-hydrogen) atoms. The van der Waals surface area contributed by atoms with Crippen molar-refractivity contribution < 1.29 is 0 Å². The van der Waals surface area contributed by atoms with Crippen LogP contribution in [-0.4, -0.2) is 5.75 Å². The van der Waals surface area contributed by atoms with E-state index in [-0.39, 0.29) is 5.92 Å². The van der Waals surface area contributed by atoms with Gasteiger partial charge < -0.3 is 0 Å². The van der Waals surface area contributed by atoms with E-state index < -0.39 is 0 Å². The van der Waals surface area contributed by atoms with Crippen LogP contribution in [0, 0.1) is 10.7 Å². The summed E-state index contributed by atoms with van der Waals surface area (Å²) < 4.78 is 0. The van der Waals surface area contributed by atoms with Crippen LogP contribution < -0.4 is 0 Å². The van der Waals surface area contributed by atoms with E-state index in [4.69, 9.17) is 40.1 Å². The Hall–Kier alpha value is -0.0700. The standard InChI is InChI=1S/C12H12Cl3NS/c1-2-8(5-6-17-7-16)11-9(13)3-4-10(14)12(11)15/h3-4,8H,2,5-6H2,1H3. The molecule has 0 bridgehead atoms. The van der Waals surface area contributed by atoms with Crippen LogP contribution in [0.25, 0.3) is 0 Å². The van der Waals surface area contributed by atoms with Crippen molar-refractivity contribution in [1.29, 1.82) is 5.26 Å². The molecule has 0 N–H and O–H groups in total. The molecular formula is C12H12Cl3NS. The van der Waals surface area contributed by atoms with Crippen LogP contribution in [0.4, 0.5) is 0 Å². The summed E-state index contributed by atoms with van der Waals surface area (Å²) in [5, 5.41) is 12.3. The third-order valence-electron chi connectivity index (χ3n) is 2.61. The molecule has 1 atom stereocenters. The number of hydrogen-bond acceptors (Lipinski definition) is 2. The lowest BCUT2D eigenvalue weighted by molar-refractivity contribution is 0.648. The number of rotatable bonds is 5. The smallest absolute Gasteiger partial charge is 0.133 e. The molecule has 1 unspecified atom stereocenters. The summed E-state index contributed by atoms with van der Waals surface area (Å²) in [7, 11) is 0. The van der Waals surface area contributed by atoms with Crippen LogP contribution >= 0.6 is 46.6 Å². The van der Waals surface area contributed by atoms with E-state index in [9.17, 15) is 0 Å². The minimum atomic E-state index is 0.245. The summed E-state index contributed by atoms with van der Waals surface area (Å²) >= 11 is 19.6. The van der Waals surface area contributed by atoms with Crippen LogP contribution in [0.3, 0.4) is 0 Å². The highest BCUT2D eigenvalue weighted by Gasteiger charge is 2.18. The summed E-state index contributed by atoms with van der Waals surface area (Å²) in [6.07, 6.45) is 1.79. The van der Waals surface area contributed by atoms with Crippen LogP contribution in [0.15, 0.2) is 12.1 Å². The Balaban J connectivity index is 2.95. The topological polar surface area (TPSA) is 23.8 Å². The van der Waals surface area contributed by atoms with Gasteiger partial charge in [0.05, 0.1) is 10.0 Å². The van der Waals surface area contributed by atoms with Gasteiger partial charge in [-0.25, -0.2) is 0 Å². The van der Waals surface area contributed by atoms with Gasteiger partial charge in [0.2, 0.25) is 0 Å². The van der Waals surface area contributed by atoms with Gasteiger partial charge in [-0.05, 0) is 48.2 Å². The third kappa shape index (κ3) is 3.96. The second-order valence-electron chi connectivity index (χ2n) is 3.59. The lowest BCUT2D eigenvalue weighted by atomic mass is 9.94. The molecule has 1 aromatic carbocycles. The maximum Gasteiger partial charge on any atom is 0.133 e. The fourth-order valence-electron chi connectivity index (χ4n) is 1.72. The Morgan fingerprint density at radius 1 is 1.29 bits per heavy atom. The number of nitriles is 1. The fraction of sp³-hybridized carbons (Fsp3) is 0.417. The van der Waals surface area contributed by atoms with Gasteiger partial charge >= 0.3 is 0 Å². The monoisotopic (exact) mass is 307 g/mol. The molecule has 0 heterocycles. The number of thioether (sulfide) groups is 1. The highest BCUT2D eigenvalue weighted by atomic mass is 35.5. The van der Waals surface area contributed by atoms with Crippen LogP contribution in [-0.2, 0) is 0 Å². The number of thiocyanates is 1. The molecule has 0 spiro atoms. The molecule has 0 amide bonds. The first kappa shape index (κ1) is 15.0. The number of halogens is 3. The molecule has 1 nitrogen and oxygen atoms in total. The van der Waals surface area contributed by atoms with Crippen LogP contribution in [0.2, 0.25) is 15.1 Å². The van der Waals surface area contributed by atoms with Gasteiger partial charge in [-0.2, -0.15) is 5.26 Å². The minimum absolute atomic E-state index is 0.245. The molecule has 0 aromatic heterocycles. The zero-order chi connectivity index (χ0) is 12.8. The van der Waals surface area contributed by atoms with E-state index in [0.717, 1.165) is 24.2 Å². The highest BCUT2D eigenvalue weighted by molar-refractivity contribution is 8.03. The largest absolute Gasteiger partial charge is 0.185 e. The first-order valence-corrected chi connectivity index (χ1v) is 7.38. The van der Waals surface area contributed by atoms with E-state index in [0.29, 0.717) is 15.1 Å². The van der Waals surface area contributed by atoms with E-state index >= 15 is 0 Å². The predicted octanol–water partition coefficient (Wildman–Crippen LogP) is 5.74. The van der Waals surface area contributed by atoms with Gasteiger partial charge in [0.15, 0.2) is 0 Å². The number of hydrogen-bond donors (Lipinski definition) is 0. The Morgan fingerprint density at radius 3 is 2.53 bits per heavy atom. The lowest BCUT2D eigenvalue weighted by Gasteiger charge is -2.18. The van der Waals surface area contributed by atoms with Gasteiger partial charge in [-0.3, -0.25) is 0 Å². The fourth-order valence-corrected chi connectivity index (χ4v) is 3.05. The summed E-state index contributed by atoms with van der Waals surface area (Å²) in [6.45, 7) is 2.08. The molecule has 0 saturated heterocycles. The second-order valence-corrected chi connectivity index (χ2v) is 5.66. The minimum Gasteiger partial charge on any atom is -0.185 e. The van der Waals surface area contributed by atoms with Crippen molar-refractivity contribution in [2.75, 3.05) is 5.75 Å². The lowest BCUT2D eigenvalue weighted by Crippen LogP contribution is -2.01. The van der Waals surface area contributed by atoms with Crippen molar-refractivity contribution in [2.24, 2.45) is 0 Å². The molecule has 0 fully saturated rings. The summed E-state index contributed by atoms with van der Waals surface area (Å²) in [5.74, 6) is 1.02. The first-order chi connectivity index (χ1) is 8.11. The molecular weight excluding hydrogens is 297 g/mol. The third-order valence-corrected chi connectivity index (χ3v) is 4.33. The normalized spacial score (nSPS) is 12.2. The predicted molar refractivity (Wildman–Crippen MR) is 77.2 cm³/mol. The molecule has 0 radical (unpaired) electrons. The van der Waals surface area contributed by atoms with E-state index in [2.05, 4.69) is 12.3 Å². The number of nitrogens with zero attached hydrogens (tertiary/aromatic N) is 1.